The third kappa shape index (κ3) is 8.21. The maximum atomic E-state index is 13.6. The van der Waals surface area contributed by atoms with Crippen LogP contribution in [0.2, 0.25) is 0 Å². The van der Waals surface area contributed by atoms with Crippen molar-refractivity contribution < 1.29 is 33.0 Å². The molecule has 6 rings (SSSR count). The van der Waals surface area contributed by atoms with E-state index >= 15 is 0 Å². The Bertz CT molecular complexity index is 2080. The van der Waals surface area contributed by atoms with Crippen molar-refractivity contribution in [1.29, 1.82) is 0 Å². The van der Waals surface area contributed by atoms with Crippen LogP contribution in [0.3, 0.4) is 0 Å². The second-order valence-electron chi connectivity index (χ2n) is 12.5. The molecule has 3 aromatic carbocycles. The number of nitrogens with one attached hydrogen (secondary N) is 3. The van der Waals surface area contributed by atoms with Crippen LogP contribution in [0, 0.1) is 0 Å². The number of imidazole rings is 1. The molecule has 1 saturated heterocycles. The summed E-state index contributed by atoms with van der Waals surface area (Å²) in [5.41, 5.74) is 2.48. The van der Waals surface area contributed by atoms with E-state index < -0.39 is 46.4 Å². The predicted molar refractivity (Wildman–Crippen MR) is 196 cm³/mol. The van der Waals surface area contributed by atoms with Crippen molar-refractivity contribution in [3.05, 3.63) is 114 Å². The second kappa shape index (κ2) is 16.6. The summed E-state index contributed by atoms with van der Waals surface area (Å²) in [5.74, 6) is -1.32. The minimum absolute atomic E-state index is 0.112. The number of ether oxygens (including phenoxy) is 1. The van der Waals surface area contributed by atoms with Crippen molar-refractivity contribution in [2.45, 2.75) is 48.7 Å². The minimum atomic E-state index is -3.70. The van der Waals surface area contributed by atoms with Gasteiger partial charge in [-0.1, -0.05) is 78.9 Å². The van der Waals surface area contributed by atoms with Gasteiger partial charge in [-0.3, -0.25) is 14.2 Å². The number of benzene rings is 3. The molecule has 1 fully saturated rings. The first-order valence-corrected chi connectivity index (χ1v) is 18.7. The summed E-state index contributed by atoms with van der Waals surface area (Å²) >= 11 is 0. The van der Waals surface area contributed by atoms with Crippen LogP contribution in [0.1, 0.15) is 47.2 Å². The molecule has 2 aromatic heterocycles. The van der Waals surface area contributed by atoms with Crippen LogP contribution in [-0.2, 0) is 19.6 Å². The van der Waals surface area contributed by atoms with Gasteiger partial charge in [0.2, 0.25) is 15.8 Å². The highest BCUT2D eigenvalue weighted by Crippen LogP contribution is 2.33. The number of fused-ring (bicyclic) bond motifs is 1. The van der Waals surface area contributed by atoms with Gasteiger partial charge in [-0.15, -0.1) is 0 Å². The third-order valence-electron chi connectivity index (χ3n) is 9.01. The van der Waals surface area contributed by atoms with Crippen molar-refractivity contribution in [3.63, 3.8) is 0 Å². The van der Waals surface area contributed by atoms with Crippen molar-refractivity contribution in [1.82, 2.24) is 34.5 Å². The van der Waals surface area contributed by atoms with Gasteiger partial charge < -0.3 is 30.9 Å². The predicted octanol–water partition coefficient (Wildman–Crippen LogP) is 2.27. The molecule has 0 radical (unpaired) electrons. The lowest BCUT2D eigenvalue weighted by molar-refractivity contribution is -0.137. The maximum Gasteiger partial charge on any atom is 0.289 e. The number of amides is 2. The van der Waals surface area contributed by atoms with Gasteiger partial charge in [0.25, 0.3) is 11.8 Å². The fourth-order valence-corrected chi connectivity index (χ4v) is 7.41. The SMILES string of the molecule is CCNC(=O)[C@H]1OC(n2cnc3c(NCC(c4ccccc4)c4ccccc4)nc(C(=O)NCCCN(C)S(=O)(=O)c4ccccc4)nc32)[C@H](O)[C@@H]1O. The highest BCUT2D eigenvalue weighted by atomic mass is 32.2. The number of carbonyl (C=O) groups is 2. The Morgan fingerprint density at radius 1 is 0.906 bits per heavy atom. The monoisotopic (exact) mass is 742 g/mol. The average molecular weight is 743 g/mol. The van der Waals surface area contributed by atoms with Gasteiger partial charge >= 0.3 is 0 Å². The Morgan fingerprint density at radius 3 is 2.15 bits per heavy atom. The van der Waals surface area contributed by atoms with E-state index in [-0.39, 0.29) is 46.7 Å². The van der Waals surface area contributed by atoms with E-state index in [9.17, 15) is 28.2 Å². The molecule has 0 spiro atoms. The van der Waals surface area contributed by atoms with Crippen LogP contribution in [0.15, 0.2) is 102 Å². The Labute approximate surface area is 307 Å². The van der Waals surface area contributed by atoms with Crippen molar-refractivity contribution in [2.24, 2.45) is 0 Å². The molecule has 15 nitrogen and oxygen atoms in total. The summed E-state index contributed by atoms with van der Waals surface area (Å²) in [6, 6.07) is 27.9. The molecule has 5 N–H and O–H groups in total. The molecule has 4 atom stereocenters. The molecule has 3 heterocycles. The number of aromatic nitrogens is 4. The summed E-state index contributed by atoms with van der Waals surface area (Å²) in [6.45, 7) is 2.64. The first kappa shape index (κ1) is 37.5. The van der Waals surface area contributed by atoms with E-state index in [0.29, 0.717) is 19.5 Å². The lowest BCUT2D eigenvalue weighted by atomic mass is 9.91. The molecule has 16 heteroatoms. The van der Waals surface area contributed by atoms with Gasteiger partial charge in [-0.2, -0.15) is 0 Å². The molecule has 2 amide bonds. The first-order valence-electron chi connectivity index (χ1n) is 17.3. The van der Waals surface area contributed by atoms with E-state index in [1.54, 1.807) is 25.1 Å². The van der Waals surface area contributed by atoms with Crippen LogP contribution < -0.4 is 16.0 Å². The lowest BCUT2D eigenvalue weighted by Gasteiger charge is -2.20. The van der Waals surface area contributed by atoms with E-state index in [4.69, 9.17) is 4.74 Å². The summed E-state index contributed by atoms with van der Waals surface area (Å²) in [7, 11) is -2.22. The van der Waals surface area contributed by atoms with Gasteiger partial charge in [0.1, 0.15) is 12.2 Å². The standard InChI is InChI=1S/C37H42N8O7S/c1-3-38-35(48)31-29(46)30(47)37(52-31)45-23-41-28-32(40-22-27(24-14-7-4-8-15-24)25-16-9-5-10-17-25)42-33(43-34(28)45)36(49)39-20-13-21-44(2)53(50,51)26-18-11-6-12-19-26/h4-12,14-19,23,27,29-31,37,46-47H,3,13,20-22H2,1-2H3,(H,38,48)(H,39,49)(H,40,42,43)/t29-,30+,31-,37?/m0/s1. The fourth-order valence-electron chi connectivity index (χ4n) is 6.18. The molecule has 1 aliphatic rings. The molecule has 53 heavy (non-hydrogen) atoms. The van der Waals surface area contributed by atoms with Gasteiger partial charge in [0, 0.05) is 39.1 Å². The zero-order chi connectivity index (χ0) is 37.5. The van der Waals surface area contributed by atoms with Gasteiger partial charge in [-0.25, -0.2) is 27.7 Å². The normalized spacial score (nSPS) is 18.8. The number of hydrogen-bond donors (Lipinski definition) is 5. The van der Waals surface area contributed by atoms with E-state index in [1.165, 1.54) is 34.4 Å². The molecule has 278 valence electrons. The number of anilines is 1. The quantitative estimate of drug-likeness (QED) is 0.0986. The summed E-state index contributed by atoms with van der Waals surface area (Å²) < 4.78 is 34.3. The van der Waals surface area contributed by atoms with E-state index in [1.807, 2.05) is 60.7 Å². The zero-order valence-corrected chi connectivity index (χ0v) is 30.1. The molecule has 1 unspecified atom stereocenters. The van der Waals surface area contributed by atoms with Gasteiger partial charge in [0.05, 0.1) is 11.2 Å². The number of sulfonamides is 1. The molecular weight excluding hydrogens is 701 g/mol. The van der Waals surface area contributed by atoms with Crippen molar-refractivity contribution in [3.8, 4) is 0 Å². The fraction of sp³-hybridized carbons (Fsp3) is 0.324. The summed E-state index contributed by atoms with van der Waals surface area (Å²) in [5, 5.41) is 30.4. The molecule has 0 bridgehead atoms. The zero-order valence-electron chi connectivity index (χ0n) is 29.2. The molecule has 1 aliphatic heterocycles. The Kier molecular flexibility index (Phi) is 11.7. The largest absolute Gasteiger partial charge is 0.387 e. The van der Waals surface area contributed by atoms with Crippen LogP contribution in [0.4, 0.5) is 5.82 Å². The number of carbonyl (C=O) groups excluding carboxylic acids is 2. The number of hydrogen-bond acceptors (Lipinski definition) is 11. The third-order valence-corrected chi connectivity index (χ3v) is 10.9. The number of aliphatic hydroxyl groups excluding tert-OH is 2. The molecule has 0 aliphatic carbocycles. The van der Waals surface area contributed by atoms with Gasteiger partial charge in [-0.05, 0) is 36.6 Å². The van der Waals surface area contributed by atoms with E-state index in [2.05, 4.69) is 30.9 Å². The highest BCUT2D eigenvalue weighted by Gasteiger charge is 2.47. The summed E-state index contributed by atoms with van der Waals surface area (Å²) in [6.07, 6.45) is -4.01. The number of rotatable bonds is 15. The topological polar surface area (TPSA) is 201 Å². The molecular formula is C37H42N8O7S. The van der Waals surface area contributed by atoms with Crippen LogP contribution >= 0.6 is 0 Å². The van der Waals surface area contributed by atoms with Gasteiger partial charge in [0.15, 0.2) is 29.3 Å². The van der Waals surface area contributed by atoms with E-state index in [0.717, 1.165) is 11.1 Å². The molecule has 0 saturated carbocycles. The minimum Gasteiger partial charge on any atom is -0.387 e. The smallest absolute Gasteiger partial charge is 0.289 e. The van der Waals surface area contributed by atoms with Crippen molar-refractivity contribution in [2.75, 3.05) is 38.5 Å². The maximum absolute atomic E-state index is 13.6. The first-order chi connectivity index (χ1) is 25.6. The highest BCUT2D eigenvalue weighted by molar-refractivity contribution is 7.89. The molecule has 5 aromatic rings. The lowest BCUT2D eigenvalue weighted by Crippen LogP contribution is -2.42. The second-order valence-corrected chi connectivity index (χ2v) is 14.6. The van der Waals surface area contributed by atoms with Crippen LogP contribution in [0.25, 0.3) is 11.2 Å². The Balaban J connectivity index is 1.27. The number of aliphatic hydroxyl groups is 2. The van der Waals surface area contributed by atoms with Crippen LogP contribution in [0.5, 0.6) is 0 Å². The Hall–Kier alpha value is -5.26. The number of likely N-dealkylation sites (N-methyl/N-ethyl adjacent to an activating group) is 1. The van der Waals surface area contributed by atoms with Crippen molar-refractivity contribution >= 4 is 38.8 Å². The van der Waals surface area contributed by atoms with Crippen LogP contribution in [-0.4, -0.2) is 106 Å². The Morgan fingerprint density at radius 2 is 1.53 bits per heavy atom. The summed E-state index contributed by atoms with van der Waals surface area (Å²) in [4.78, 5) is 39.9. The average Bonchev–Trinajstić information content (AvgIpc) is 3.74. The number of nitrogens with zero attached hydrogens (tertiary/aromatic N) is 5.